The summed E-state index contributed by atoms with van der Waals surface area (Å²) in [5, 5.41) is 7.49. The lowest BCUT2D eigenvalue weighted by molar-refractivity contribution is -0.120. The third kappa shape index (κ3) is 3.27. The molecule has 1 atom stereocenters. The van der Waals surface area contributed by atoms with Gasteiger partial charge in [0.15, 0.2) is 0 Å². The Hall–Kier alpha value is -2.31. The normalized spacial score (nSPS) is 22.9. The van der Waals surface area contributed by atoms with Crippen LogP contribution in [0.2, 0.25) is 0 Å². The summed E-state index contributed by atoms with van der Waals surface area (Å²) in [5.41, 5.74) is 1.85. The molecule has 1 aromatic rings. The van der Waals surface area contributed by atoms with E-state index in [1.807, 2.05) is 13.0 Å². The maximum atomic E-state index is 12.4. The minimum absolute atomic E-state index is 0.0584. The fraction of sp³-hybridized carbons (Fsp3) is 0.611. The minimum Gasteiger partial charge on any atom is -0.310 e. The molecule has 0 spiro atoms. The van der Waals surface area contributed by atoms with Crippen LogP contribution in [-0.2, 0) is 9.59 Å². The van der Waals surface area contributed by atoms with E-state index in [0.717, 1.165) is 56.4 Å². The zero-order valence-electron chi connectivity index (χ0n) is 14.5. The van der Waals surface area contributed by atoms with E-state index in [1.54, 1.807) is 0 Å². The van der Waals surface area contributed by atoms with Crippen molar-refractivity contribution in [2.75, 3.05) is 5.32 Å². The van der Waals surface area contributed by atoms with Crippen molar-refractivity contribution in [3.05, 3.63) is 11.8 Å². The Labute approximate surface area is 146 Å². The van der Waals surface area contributed by atoms with Gasteiger partial charge in [0, 0.05) is 24.1 Å². The molecule has 2 amide bonds. The van der Waals surface area contributed by atoms with Gasteiger partial charge in [0.2, 0.25) is 5.91 Å². The van der Waals surface area contributed by atoms with Crippen molar-refractivity contribution in [2.24, 2.45) is 15.9 Å². The summed E-state index contributed by atoms with van der Waals surface area (Å²) in [6, 6.07) is 1.89. The zero-order chi connectivity index (χ0) is 17.4. The Morgan fingerprint density at radius 2 is 2.12 bits per heavy atom. The lowest BCUT2D eigenvalue weighted by Gasteiger charge is -2.24. The van der Waals surface area contributed by atoms with Gasteiger partial charge in [-0.15, -0.1) is 0 Å². The Morgan fingerprint density at radius 3 is 2.88 bits per heavy atom. The molecule has 1 aliphatic heterocycles. The average Bonchev–Trinajstić information content (AvgIpc) is 3.36. The summed E-state index contributed by atoms with van der Waals surface area (Å²) < 4.78 is 1.54. The van der Waals surface area contributed by atoms with E-state index in [-0.39, 0.29) is 23.7 Å². The highest BCUT2D eigenvalue weighted by molar-refractivity contribution is 6.16. The number of hydrogen-bond donors (Lipinski definition) is 1. The van der Waals surface area contributed by atoms with E-state index in [0.29, 0.717) is 18.2 Å². The number of rotatable bonds is 4. The average molecular weight is 341 g/mol. The van der Waals surface area contributed by atoms with Gasteiger partial charge < -0.3 is 5.32 Å². The van der Waals surface area contributed by atoms with Gasteiger partial charge in [-0.2, -0.15) is 14.8 Å². The third-order valence-electron chi connectivity index (χ3n) is 4.99. The van der Waals surface area contributed by atoms with Crippen LogP contribution in [0.4, 0.5) is 5.82 Å². The predicted octanol–water partition coefficient (Wildman–Crippen LogP) is 2.87. The van der Waals surface area contributed by atoms with Crippen LogP contribution >= 0.6 is 0 Å². The number of fused-ring (bicyclic) bond motifs is 1. The van der Waals surface area contributed by atoms with E-state index >= 15 is 0 Å². The molecule has 1 N–H and O–H groups in total. The molecule has 7 nitrogen and oxygen atoms in total. The molecule has 3 aliphatic rings. The van der Waals surface area contributed by atoms with Gasteiger partial charge in [-0.1, -0.05) is 13.3 Å². The first-order chi connectivity index (χ1) is 12.2. The molecule has 0 bridgehead atoms. The lowest BCUT2D eigenvalue weighted by Crippen LogP contribution is -2.33. The smallest absolute Gasteiger partial charge is 0.257 e. The van der Waals surface area contributed by atoms with Crippen molar-refractivity contribution in [1.29, 1.82) is 0 Å². The van der Waals surface area contributed by atoms with Crippen molar-refractivity contribution < 1.29 is 9.59 Å². The molecule has 0 aromatic carbocycles. The fourth-order valence-electron chi connectivity index (χ4n) is 3.47. The minimum atomic E-state index is -0.158. The summed E-state index contributed by atoms with van der Waals surface area (Å²) in [5.74, 6) is 0.945. The Bertz CT molecular complexity index is 772. The van der Waals surface area contributed by atoms with Gasteiger partial charge in [-0.3, -0.25) is 9.59 Å². The van der Waals surface area contributed by atoms with Crippen LogP contribution < -0.4 is 5.32 Å². The highest BCUT2D eigenvalue weighted by atomic mass is 16.2. The van der Waals surface area contributed by atoms with Crippen LogP contribution in [0.1, 0.15) is 69.9 Å². The second-order valence-electron chi connectivity index (χ2n) is 7.09. The molecule has 2 fully saturated rings. The summed E-state index contributed by atoms with van der Waals surface area (Å²) >= 11 is 0. The summed E-state index contributed by atoms with van der Waals surface area (Å²) in [7, 11) is 0. The highest BCUT2D eigenvalue weighted by Gasteiger charge is 2.33. The van der Waals surface area contributed by atoms with Gasteiger partial charge in [-0.25, -0.2) is 4.99 Å². The predicted molar refractivity (Wildman–Crippen MR) is 95.0 cm³/mol. The third-order valence-corrected chi connectivity index (χ3v) is 4.99. The van der Waals surface area contributed by atoms with Gasteiger partial charge >= 0.3 is 0 Å². The molecular formula is C18H23N5O2. The summed E-state index contributed by atoms with van der Waals surface area (Å²) in [6.45, 7) is 1.96. The number of nitrogens with zero attached hydrogens (tertiary/aromatic N) is 4. The number of carbonyl (C=O) groups excluding carboxylic acids is 2. The van der Waals surface area contributed by atoms with Crippen LogP contribution in [-0.4, -0.2) is 33.3 Å². The van der Waals surface area contributed by atoms with E-state index < -0.39 is 0 Å². The number of aromatic nitrogens is 2. The SMILES string of the molecule is CCCC(=O)Nc1cc(C2CC2)nn1C1=NC(=O)C2CCCCC2=N1. The topological polar surface area (TPSA) is 88.7 Å². The monoisotopic (exact) mass is 341 g/mol. The van der Waals surface area contributed by atoms with E-state index in [9.17, 15) is 9.59 Å². The molecule has 1 aromatic heterocycles. The van der Waals surface area contributed by atoms with Crippen LogP contribution in [0, 0.1) is 5.92 Å². The number of nitrogens with one attached hydrogen (secondary N) is 1. The quantitative estimate of drug-likeness (QED) is 0.913. The molecule has 25 heavy (non-hydrogen) atoms. The van der Waals surface area contributed by atoms with Crippen molar-refractivity contribution in [3.63, 3.8) is 0 Å². The van der Waals surface area contributed by atoms with Crippen LogP contribution in [0.5, 0.6) is 0 Å². The molecule has 2 aliphatic carbocycles. The summed E-state index contributed by atoms with van der Waals surface area (Å²) in [6.07, 6.45) is 7.23. The number of carbonyl (C=O) groups is 2. The fourth-order valence-corrected chi connectivity index (χ4v) is 3.47. The Balaban J connectivity index is 1.67. The highest BCUT2D eigenvalue weighted by Crippen LogP contribution is 2.40. The van der Waals surface area contributed by atoms with E-state index in [4.69, 9.17) is 0 Å². The Morgan fingerprint density at radius 1 is 1.28 bits per heavy atom. The molecular weight excluding hydrogens is 318 g/mol. The molecule has 4 rings (SSSR count). The number of amides is 2. The standard InChI is InChI=1S/C18H23N5O2/c1-2-5-16(24)20-15-10-14(11-8-9-11)22-23(15)18-19-13-7-4-3-6-12(13)17(25)21-18/h10-12H,2-9H2,1H3,(H,20,24). The van der Waals surface area contributed by atoms with Gasteiger partial charge in [0.1, 0.15) is 5.82 Å². The second kappa shape index (κ2) is 6.54. The number of aliphatic imine (C=N–C) groups is 2. The van der Waals surface area contributed by atoms with Gasteiger partial charge in [0.05, 0.1) is 11.6 Å². The van der Waals surface area contributed by atoms with Gasteiger partial charge in [-0.05, 0) is 38.5 Å². The molecule has 7 heteroatoms. The largest absolute Gasteiger partial charge is 0.310 e. The summed E-state index contributed by atoms with van der Waals surface area (Å²) in [4.78, 5) is 33.3. The van der Waals surface area contributed by atoms with Crippen molar-refractivity contribution in [1.82, 2.24) is 9.78 Å². The van der Waals surface area contributed by atoms with Gasteiger partial charge in [0.25, 0.3) is 11.9 Å². The van der Waals surface area contributed by atoms with E-state index in [2.05, 4.69) is 20.4 Å². The lowest BCUT2D eigenvalue weighted by atomic mass is 9.86. The second-order valence-corrected chi connectivity index (χ2v) is 7.09. The maximum absolute atomic E-state index is 12.4. The first kappa shape index (κ1) is 16.2. The van der Waals surface area contributed by atoms with Crippen LogP contribution in [0.3, 0.4) is 0 Å². The molecule has 0 saturated heterocycles. The van der Waals surface area contributed by atoms with Crippen molar-refractivity contribution in [2.45, 2.75) is 64.2 Å². The maximum Gasteiger partial charge on any atom is 0.257 e. The van der Waals surface area contributed by atoms with E-state index in [1.165, 1.54) is 4.68 Å². The first-order valence-electron chi connectivity index (χ1n) is 9.26. The number of hydrogen-bond acceptors (Lipinski definition) is 4. The molecule has 0 radical (unpaired) electrons. The van der Waals surface area contributed by atoms with Crippen LogP contribution in [0.25, 0.3) is 0 Å². The first-order valence-corrected chi connectivity index (χ1v) is 9.26. The van der Waals surface area contributed by atoms with Crippen molar-refractivity contribution in [3.8, 4) is 0 Å². The Kier molecular flexibility index (Phi) is 4.23. The van der Waals surface area contributed by atoms with Crippen LogP contribution in [0.15, 0.2) is 16.1 Å². The zero-order valence-corrected chi connectivity index (χ0v) is 14.5. The molecule has 2 heterocycles. The number of anilines is 1. The molecule has 132 valence electrons. The van der Waals surface area contributed by atoms with Crippen molar-refractivity contribution >= 4 is 29.3 Å². The molecule has 2 saturated carbocycles. The molecule has 1 unspecified atom stereocenters.